The highest BCUT2D eigenvalue weighted by Gasteiger charge is 2.24. The number of carbonyl (C=O) groups is 1. The van der Waals surface area contributed by atoms with E-state index in [0.717, 1.165) is 30.7 Å². The van der Waals surface area contributed by atoms with Gasteiger partial charge in [0, 0.05) is 13.0 Å². The second-order valence-electron chi connectivity index (χ2n) is 4.98. The summed E-state index contributed by atoms with van der Waals surface area (Å²) in [7, 11) is 0. The number of anilines is 1. The number of rotatable bonds is 5. The van der Waals surface area contributed by atoms with Gasteiger partial charge in [-0.2, -0.15) is 0 Å². The van der Waals surface area contributed by atoms with Crippen molar-refractivity contribution in [3.63, 3.8) is 0 Å². The average Bonchev–Trinajstić information content (AvgIpc) is 3.18. The average molecular weight is 303 g/mol. The molecule has 1 amide bonds. The number of nitrogens with zero attached hydrogens (tertiary/aromatic N) is 2. The van der Waals surface area contributed by atoms with Gasteiger partial charge in [-0.3, -0.25) is 10.1 Å². The second-order valence-corrected chi connectivity index (χ2v) is 6.04. The molecule has 0 radical (unpaired) electrons. The minimum Gasteiger partial charge on any atom is -0.368 e. The predicted octanol–water partition coefficient (Wildman–Crippen LogP) is 2.44. The molecule has 1 atom stereocenters. The third-order valence-corrected chi connectivity index (χ3v) is 4.29. The monoisotopic (exact) mass is 303 g/mol. The minimum absolute atomic E-state index is 0.113. The van der Waals surface area contributed by atoms with Gasteiger partial charge in [-0.1, -0.05) is 41.7 Å². The molecule has 110 valence electrons. The highest BCUT2D eigenvalue weighted by Crippen LogP contribution is 2.19. The van der Waals surface area contributed by atoms with Gasteiger partial charge in [-0.25, -0.2) is 0 Å². The Morgan fingerprint density at radius 2 is 2.14 bits per heavy atom. The zero-order valence-corrected chi connectivity index (χ0v) is 12.4. The summed E-state index contributed by atoms with van der Waals surface area (Å²) in [6.07, 6.45) is 3.15. The Kier molecular flexibility index (Phi) is 4.57. The number of ether oxygens (including phenoxy) is 1. The molecule has 1 aromatic heterocycles. The van der Waals surface area contributed by atoms with Gasteiger partial charge in [-0.05, 0) is 24.8 Å². The third-order valence-electron chi connectivity index (χ3n) is 3.39. The van der Waals surface area contributed by atoms with Crippen LogP contribution in [0, 0.1) is 0 Å². The van der Waals surface area contributed by atoms with E-state index in [4.69, 9.17) is 4.74 Å². The van der Waals surface area contributed by atoms with Crippen LogP contribution < -0.4 is 5.32 Å². The minimum atomic E-state index is -0.332. The van der Waals surface area contributed by atoms with Crippen molar-refractivity contribution in [1.29, 1.82) is 0 Å². The maximum atomic E-state index is 11.9. The molecule has 0 bridgehead atoms. The molecule has 0 spiro atoms. The summed E-state index contributed by atoms with van der Waals surface area (Å²) in [6.45, 7) is 0.663. The van der Waals surface area contributed by atoms with E-state index in [1.54, 1.807) is 0 Å². The van der Waals surface area contributed by atoms with Crippen LogP contribution in [0.4, 0.5) is 5.13 Å². The molecule has 2 aromatic rings. The van der Waals surface area contributed by atoms with Crippen molar-refractivity contribution >= 4 is 22.4 Å². The van der Waals surface area contributed by atoms with Crippen molar-refractivity contribution in [2.75, 3.05) is 11.9 Å². The molecular weight excluding hydrogens is 286 g/mol. The standard InChI is InChI=1S/C15H17N3O2S/c19-14(12-7-4-10-20-12)16-15-18-17-13(21-15)9-8-11-5-2-1-3-6-11/h1-3,5-6,12H,4,7-10H2,(H,16,18,19)/t12-/m0/s1. The summed E-state index contributed by atoms with van der Waals surface area (Å²) >= 11 is 1.43. The van der Waals surface area contributed by atoms with Gasteiger partial charge in [0.05, 0.1) is 0 Å². The van der Waals surface area contributed by atoms with Gasteiger partial charge >= 0.3 is 0 Å². The molecule has 5 nitrogen and oxygen atoms in total. The topological polar surface area (TPSA) is 64.1 Å². The van der Waals surface area contributed by atoms with E-state index in [9.17, 15) is 4.79 Å². The number of nitrogens with one attached hydrogen (secondary N) is 1. The molecule has 1 saturated heterocycles. The van der Waals surface area contributed by atoms with E-state index in [1.807, 2.05) is 18.2 Å². The molecule has 1 fully saturated rings. The maximum absolute atomic E-state index is 11.9. The van der Waals surface area contributed by atoms with E-state index < -0.39 is 0 Å². The molecule has 1 N–H and O–H groups in total. The van der Waals surface area contributed by atoms with Crippen molar-refractivity contribution in [3.8, 4) is 0 Å². The lowest BCUT2D eigenvalue weighted by atomic mass is 10.1. The van der Waals surface area contributed by atoms with E-state index in [1.165, 1.54) is 16.9 Å². The fraction of sp³-hybridized carbons (Fsp3) is 0.400. The van der Waals surface area contributed by atoms with Gasteiger partial charge in [0.2, 0.25) is 5.13 Å². The van der Waals surface area contributed by atoms with Gasteiger partial charge in [0.1, 0.15) is 11.1 Å². The Bertz CT molecular complexity index is 594. The molecule has 21 heavy (non-hydrogen) atoms. The number of aryl methyl sites for hydroxylation is 2. The summed E-state index contributed by atoms with van der Waals surface area (Å²) in [5.74, 6) is -0.113. The summed E-state index contributed by atoms with van der Waals surface area (Å²) in [6, 6.07) is 10.3. The molecule has 1 aliphatic rings. The molecule has 0 saturated carbocycles. The smallest absolute Gasteiger partial charge is 0.255 e. The van der Waals surface area contributed by atoms with Gasteiger partial charge in [0.25, 0.3) is 5.91 Å². The SMILES string of the molecule is O=C(Nc1nnc(CCc2ccccc2)s1)[C@@H]1CCCO1. The van der Waals surface area contributed by atoms with Gasteiger partial charge in [-0.15, -0.1) is 10.2 Å². The number of aromatic nitrogens is 2. The summed E-state index contributed by atoms with van der Waals surface area (Å²) in [4.78, 5) is 11.9. The van der Waals surface area contributed by atoms with Crippen LogP contribution in [-0.4, -0.2) is 28.8 Å². The molecule has 1 aliphatic heterocycles. The molecule has 0 unspecified atom stereocenters. The van der Waals surface area contributed by atoms with Crippen LogP contribution in [0.15, 0.2) is 30.3 Å². The van der Waals surface area contributed by atoms with Gasteiger partial charge in [0.15, 0.2) is 0 Å². The van der Waals surface area contributed by atoms with Crippen molar-refractivity contribution in [1.82, 2.24) is 10.2 Å². The fourth-order valence-corrected chi connectivity index (χ4v) is 3.01. The van der Waals surface area contributed by atoms with E-state index in [-0.39, 0.29) is 12.0 Å². The number of benzene rings is 1. The Morgan fingerprint density at radius 3 is 2.90 bits per heavy atom. The Labute approximate surface area is 127 Å². The van der Waals surface area contributed by atoms with Gasteiger partial charge < -0.3 is 4.74 Å². The lowest BCUT2D eigenvalue weighted by Gasteiger charge is -2.06. The number of hydrogen-bond donors (Lipinski definition) is 1. The van der Waals surface area contributed by atoms with Crippen molar-refractivity contribution in [3.05, 3.63) is 40.9 Å². The summed E-state index contributed by atoms with van der Waals surface area (Å²) < 4.78 is 5.34. The first-order chi connectivity index (χ1) is 10.3. The quantitative estimate of drug-likeness (QED) is 0.921. The molecular formula is C15H17N3O2S. The summed E-state index contributed by atoms with van der Waals surface area (Å²) in [5.41, 5.74) is 1.28. The second kappa shape index (κ2) is 6.78. The zero-order valence-electron chi connectivity index (χ0n) is 11.6. The fourth-order valence-electron chi connectivity index (χ4n) is 2.27. The number of amides is 1. The van der Waals surface area contributed by atoms with Crippen LogP contribution in [0.2, 0.25) is 0 Å². The van der Waals surface area contributed by atoms with Crippen LogP contribution >= 0.6 is 11.3 Å². The normalized spacial score (nSPS) is 17.8. The van der Waals surface area contributed by atoms with Crippen molar-refractivity contribution < 1.29 is 9.53 Å². The highest BCUT2D eigenvalue weighted by atomic mass is 32.1. The van der Waals surface area contributed by atoms with E-state index >= 15 is 0 Å². The van der Waals surface area contributed by atoms with Crippen LogP contribution in [0.5, 0.6) is 0 Å². The van der Waals surface area contributed by atoms with Crippen LogP contribution in [0.25, 0.3) is 0 Å². The molecule has 2 heterocycles. The third kappa shape index (κ3) is 3.86. The van der Waals surface area contributed by atoms with Crippen LogP contribution in [-0.2, 0) is 22.4 Å². The maximum Gasteiger partial charge on any atom is 0.255 e. The van der Waals surface area contributed by atoms with Crippen molar-refractivity contribution in [2.45, 2.75) is 31.8 Å². The van der Waals surface area contributed by atoms with E-state index in [2.05, 4.69) is 27.6 Å². The predicted molar refractivity (Wildman–Crippen MR) is 81.4 cm³/mol. The molecule has 3 rings (SSSR count). The number of carbonyl (C=O) groups excluding carboxylic acids is 1. The first-order valence-corrected chi connectivity index (χ1v) is 7.92. The molecule has 1 aromatic carbocycles. The Balaban J connectivity index is 1.52. The number of hydrogen-bond acceptors (Lipinski definition) is 5. The molecule has 6 heteroatoms. The first-order valence-electron chi connectivity index (χ1n) is 7.10. The highest BCUT2D eigenvalue weighted by molar-refractivity contribution is 7.15. The van der Waals surface area contributed by atoms with Crippen LogP contribution in [0.1, 0.15) is 23.4 Å². The molecule has 0 aliphatic carbocycles. The Morgan fingerprint density at radius 1 is 1.29 bits per heavy atom. The van der Waals surface area contributed by atoms with Crippen molar-refractivity contribution in [2.24, 2.45) is 0 Å². The Hall–Kier alpha value is -1.79. The van der Waals surface area contributed by atoms with E-state index in [0.29, 0.717) is 11.7 Å². The largest absolute Gasteiger partial charge is 0.368 e. The summed E-state index contributed by atoms with van der Waals surface area (Å²) in [5, 5.41) is 12.4. The first kappa shape index (κ1) is 14.2. The zero-order chi connectivity index (χ0) is 14.5. The lowest BCUT2D eigenvalue weighted by molar-refractivity contribution is -0.124. The lowest BCUT2D eigenvalue weighted by Crippen LogP contribution is -2.26. The van der Waals surface area contributed by atoms with Crippen LogP contribution in [0.3, 0.4) is 0 Å².